The molecule has 1 aromatic heterocycles. The molecule has 0 radical (unpaired) electrons. The fourth-order valence-corrected chi connectivity index (χ4v) is 5.19. The van der Waals surface area contributed by atoms with E-state index in [1.807, 2.05) is 30.3 Å². The average Bonchev–Trinajstić information content (AvgIpc) is 3.48. The molecule has 0 spiro atoms. The van der Waals surface area contributed by atoms with Gasteiger partial charge in [-0.05, 0) is 68.0 Å². The molecule has 0 atom stereocenters. The molecule has 2 N–H and O–H groups in total. The highest BCUT2D eigenvalue weighted by Crippen LogP contribution is 2.37. The number of thioether (sulfide) groups is 1. The molecule has 200 valence electrons. The largest absolute Gasteiger partial charge is 0.494 e. The normalized spacial score (nSPS) is 14.3. The van der Waals surface area contributed by atoms with Gasteiger partial charge in [0.1, 0.15) is 17.3 Å². The molecule has 0 aliphatic carbocycles. The number of hydrogen-bond donors (Lipinski definition) is 1. The van der Waals surface area contributed by atoms with E-state index in [2.05, 4.69) is 18.7 Å². The number of rotatable bonds is 11. The molecular formula is C28H30ClN3O4S2. The van der Waals surface area contributed by atoms with Crippen LogP contribution in [0.2, 0.25) is 0 Å². The minimum atomic E-state index is -0.484. The first-order valence-corrected chi connectivity index (χ1v) is 13.3. The van der Waals surface area contributed by atoms with Crippen molar-refractivity contribution in [2.45, 2.75) is 20.3 Å². The zero-order valence-corrected chi connectivity index (χ0v) is 23.7. The monoisotopic (exact) mass is 571 g/mol. The van der Waals surface area contributed by atoms with Gasteiger partial charge in [0.2, 0.25) is 5.91 Å². The van der Waals surface area contributed by atoms with Crippen LogP contribution in [0.3, 0.4) is 0 Å². The second-order valence-corrected chi connectivity index (χ2v) is 10.1. The summed E-state index contributed by atoms with van der Waals surface area (Å²) in [4.78, 5) is 28.8. The van der Waals surface area contributed by atoms with E-state index in [0.717, 1.165) is 37.4 Å². The Morgan fingerprint density at radius 2 is 1.76 bits per heavy atom. The number of halogens is 1. The lowest BCUT2D eigenvalue weighted by Crippen LogP contribution is -2.27. The SMILES string of the molecule is CCN(CC)CCCOc1ccc(N2C(=O)/C(=C/c3ccc(-c4ccc(C(N)=O)cc4)o3)SC2=S)cc1.Cl. The molecular weight excluding hydrogens is 542 g/mol. The predicted molar refractivity (Wildman–Crippen MR) is 160 cm³/mol. The van der Waals surface area contributed by atoms with E-state index < -0.39 is 5.91 Å². The number of thiocarbonyl (C=S) groups is 1. The van der Waals surface area contributed by atoms with Gasteiger partial charge in [-0.2, -0.15) is 0 Å². The van der Waals surface area contributed by atoms with Crippen molar-refractivity contribution < 1.29 is 18.7 Å². The molecule has 2 aromatic carbocycles. The maximum absolute atomic E-state index is 13.1. The molecule has 3 aromatic rings. The number of furan rings is 1. The number of nitrogens with zero attached hydrogens (tertiary/aromatic N) is 2. The highest BCUT2D eigenvalue weighted by Gasteiger charge is 2.33. The minimum Gasteiger partial charge on any atom is -0.494 e. The zero-order chi connectivity index (χ0) is 26.4. The third kappa shape index (κ3) is 7.05. The molecule has 1 aliphatic rings. The van der Waals surface area contributed by atoms with Crippen LogP contribution in [-0.2, 0) is 4.79 Å². The van der Waals surface area contributed by atoms with E-state index in [1.165, 1.54) is 16.7 Å². The fraction of sp³-hybridized carbons (Fsp3) is 0.250. The Bertz CT molecular complexity index is 1300. The number of nitrogens with two attached hydrogens (primary N) is 1. The number of hydrogen-bond acceptors (Lipinski definition) is 7. The van der Waals surface area contributed by atoms with Crippen LogP contribution in [0.1, 0.15) is 36.4 Å². The molecule has 4 rings (SSSR count). The van der Waals surface area contributed by atoms with E-state index in [1.54, 1.807) is 36.4 Å². The van der Waals surface area contributed by atoms with Gasteiger partial charge in [-0.25, -0.2) is 0 Å². The lowest BCUT2D eigenvalue weighted by Gasteiger charge is -2.18. The van der Waals surface area contributed by atoms with Crippen LogP contribution in [0.15, 0.2) is 70.0 Å². The lowest BCUT2D eigenvalue weighted by molar-refractivity contribution is -0.113. The number of carbonyl (C=O) groups is 2. The summed E-state index contributed by atoms with van der Waals surface area (Å²) in [6, 6.07) is 17.8. The highest BCUT2D eigenvalue weighted by atomic mass is 35.5. The van der Waals surface area contributed by atoms with Crippen LogP contribution >= 0.6 is 36.4 Å². The molecule has 2 amide bonds. The van der Waals surface area contributed by atoms with Gasteiger partial charge >= 0.3 is 0 Å². The van der Waals surface area contributed by atoms with Crippen molar-refractivity contribution in [3.63, 3.8) is 0 Å². The molecule has 0 saturated carbocycles. The summed E-state index contributed by atoms with van der Waals surface area (Å²) in [5, 5.41) is 0. The molecule has 10 heteroatoms. The number of ether oxygens (including phenoxy) is 1. The summed E-state index contributed by atoms with van der Waals surface area (Å²) in [5.41, 5.74) is 7.21. The van der Waals surface area contributed by atoms with Crippen LogP contribution < -0.4 is 15.4 Å². The van der Waals surface area contributed by atoms with Gasteiger partial charge in [0.25, 0.3) is 5.91 Å². The topological polar surface area (TPSA) is 89.0 Å². The van der Waals surface area contributed by atoms with Gasteiger partial charge in [-0.1, -0.05) is 50.0 Å². The van der Waals surface area contributed by atoms with Crippen molar-refractivity contribution in [1.82, 2.24) is 4.90 Å². The van der Waals surface area contributed by atoms with Crippen LogP contribution in [0.5, 0.6) is 5.75 Å². The first-order chi connectivity index (χ1) is 17.9. The maximum Gasteiger partial charge on any atom is 0.270 e. The standard InChI is InChI=1S/C28H29N3O4S2.ClH/c1-3-30(4-2)16-5-17-34-22-12-10-21(11-13-22)31-27(33)25(37-28(31)36)18-23-14-15-24(35-23)19-6-8-20(9-7-19)26(29)32;/h6-15,18H,3-5,16-17H2,1-2H3,(H2,29,32);1H/b25-18-;. The Labute approximate surface area is 238 Å². The van der Waals surface area contributed by atoms with Crippen molar-refractivity contribution in [2.75, 3.05) is 31.1 Å². The summed E-state index contributed by atoms with van der Waals surface area (Å²) in [6.45, 7) is 8.04. The molecule has 1 fully saturated rings. The Morgan fingerprint density at radius 1 is 1.08 bits per heavy atom. The van der Waals surface area contributed by atoms with Gasteiger partial charge in [0, 0.05) is 23.7 Å². The van der Waals surface area contributed by atoms with Crippen LogP contribution in [-0.4, -0.2) is 47.3 Å². The first kappa shape index (κ1) is 29.4. The van der Waals surface area contributed by atoms with E-state index in [9.17, 15) is 9.59 Å². The zero-order valence-electron chi connectivity index (χ0n) is 21.2. The van der Waals surface area contributed by atoms with Gasteiger partial charge in [-0.15, -0.1) is 12.4 Å². The molecule has 7 nitrogen and oxygen atoms in total. The van der Waals surface area contributed by atoms with Gasteiger partial charge in [0.05, 0.1) is 17.2 Å². The summed E-state index contributed by atoms with van der Waals surface area (Å²) >= 11 is 6.73. The molecule has 0 bridgehead atoms. The average molecular weight is 572 g/mol. The van der Waals surface area contributed by atoms with Crippen molar-refractivity contribution in [2.24, 2.45) is 5.73 Å². The third-order valence-electron chi connectivity index (χ3n) is 6.02. The number of carbonyl (C=O) groups excluding carboxylic acids is 2. The molecule has 38 heavy (non-hydrogen) atoms. The summed E-state index contributed by atoms with van der Waals surface area (Å²) in [6.07, 6.45) is 2.64. The van der Waals surface area contributed by atoms with Gasteiger partial charge < -0.3 is 19.8 Å². The van der Waals surface area contributed by atoms with Crippen LogP contribution in [0.25, 0.3) is 17.4 Å². The van der Waals surface area contributed by atoms with Crippen LogP contribution in [0.4, 0.5) is 5.69 Å². The van der Waals surface area contributed by atoms with E-state index in [4.69, 9.17) is 27.1 Å². The number of primary amides is 1. The summed E-state index contributed by atoms with van der Waals surface area (Å²) in [7, 11) is 0. The fourth-order valence-electron chi connectivity index (χ4n) is 3.91. The maximum atomic E-state index is 13.1. The molecule has 1 saturated heterocycles. The van der Waals surface area contributed by atoms with Crippen molar-refractivity contribution in [3.8, 4) is 17.1 Å². The number of benzene rings is 2. The molecule has 0 unspecified atom stereocenters. The van der Waals surface area contributed by atoms with Gasteiger partial charge in [0.15, 0.2) is 4.32 Å². The first-order valence-electron chi connectivity index (χ1n) is 12.1. The van der Waals surface area contributed by atoms with Crippen molar-refractivity contribution in [1.29, 1.82) is 0 Å². The number of amides is 2. The van der Waals surface area contributed by atoms with E-state index >= 15 is 0 Å². The quantitative estimate of drug-likeness (QED) is 0.172. The summed E-state index contributed by atoms with van der Waals surface area (Å²) in [5.74, 6) is 1.22. The van der Waals surface area contributed by atoms with Gasteiger partial charge in [-0.3, -0.25) is 14.5 Å². The lowest BCUT2D eigenvalue weighted by atomic mass is 10.1. The Hall–Kier alpha value is -3.11. The molecule has 2 heterocycles. The minimum absolute atomic E-state index is 0. The Morgan fingerprint density at radius 3 is 2.39 bits per heavy atom. The Balaban J connectivity index is 0.00000400. The van der Waals surface area contributed by atoms with Crippen molar-refractivity contribution in [3.05, 3.63) is 76.9 Å². The number of anilines is 1. The smallest absolute Gasteiger partial charge is 0.270 e. The Kier molecular flexibility index (Phi) is 10.6. The molecule has 1 aliphatic heterocycles. The van der Waals surface area contributed by atoms with E-state index in [0.29, 0.717) is 38.6 Å². The second kappa shape index (κ2) is 13.6. The summed E-state index contributed by atoms with van der Waals surface area (Å²) < 4.78 is 12.2. The predicted octanol–water partition coefficient (Wildman–Crippen LogP) is 5.98. The van der Waals surface area contributed by atoms with Crippen LogP contribution in [0, 0.1) is 0 Å². The highest BCUT2D eigenvalue weighted by molar-refractivity contribution is 8.27. The van der Waals surface area contributed by atoms with E-state index in [-0.39, 0.29) is 18.3 Å². The second-order valence-electron chi connectivity index (χ2n) is 8.38. The third-order valence-corrected chi connectivity index (χ3v) is 7.33. The van der Waals surface area contributed by atoms with Crippen molar-refractivity contribution >= 4 is 64.3 Å².